The third-order valence-corrected chi connectivity index (χ3v) is 5.97. The Morgan fingerprint density at radius 2 is 1.87 bits per heavy atom. The van der Waals surface area contributed by atoms with E-state index >= 15 is 0 Å². The predicted octanol–water partition coefficient (Wildman–Crippen LogP) is 3.42. The number of phenolic OH excluding ortho intramolecular Hbond substituents is 1. The summed E-state index contributed by atoms with van der Waals surface area (Å²) in [7, 11) is 3.16. The molecule has 1 aliphatic heterocycles. The summed E-state index contributed by atoms with van der Waals surface area (Å²) in [5.41, 5.74) is 2.97. The van der Waals surface area contributed by atoms with E-state index in [4.69, 9.17) is 9.47 Å². The molecule has 1 aliphatic carbocycles. The number of carbonyl (C=O) groups excluding carboxylic acids is 1. The summed E-state index contributed by atoms with van der Waals surface area (Å²) >= 11 is 0. The summed E-state index contributed by atoms with van der Waals surface area (Å²) in [4.78, 5) is 17.8. The van der Waals surface area contributed by atoms with Crippen molar-refractivity contribution in [3.05, 3.63) is 71.2 Å². The average molecular weight is 418 g/mol. The van der Waals surface area contributed by atoms with E-state index in [2.05, 4.69) is 15.4 Å². The number of fused-ring (bicyclic) bond motifs is 1. The molecular weight excluding hydrogens is 396 g/mol. The highest BCUT2D eigenvalue weighted by molar-refractivity contribution is 6.00. The number of allylic oxidation sites excluding steroid dienone is 2. The Hall–Kier alpha value is -3.81. The number of methoxy groups -OCH3 is 2. The molecule has 0 amide bonds. The Balaban J connectivity index is 1.65. The summed E-state index contributed by atoms with van der Waals surface area (Å²) in [5, 5.41) is 18.0. The van der Waals surface area contributed by atoms with E-state index in [9.17, 15) is 9.90 Å². The van der Waals surface area contributed by atoms with E-state index in [0.717, 1.165) is 16.8 Å². The molecule has 1 aromatic heterocycles. The van der Waals surface area contributed by atoms with E-state index in [1.807, 2.05) is 30.3 Å². The molecule has 2 heterocycles. The van der Waals surface area contributed by atoms with Gasteiger partial charge in [-0.25, -0.2) is 4.68 Å². The van der Waals surface area contributed by atoms with E-state index in [0.29, 0.717) is 35.9 Å². The van der Waals surface area contributed by atoms with Gasteiger partial charge in [-0.1, -0.05) is 30.3 Å². The maximum absolute atomic E-state index is 13.5. The van der Waals surface area contributed by atoms with Crippen LogP contribution < -0.4 is 14.8 Å². The van der Waals surface area contributed by atoms with Crippen molar-refractivity contribution in [1.82, 2.24) is 14.8 Å². The number of para-hydroxylation sites is 2. The first-order valence-electron chi connectivity index (χ1n) is 10.0. The van der Waals surface area contributed by atoms with E-state index in [-0.39, 0.29) is 17.5 Å². The van der Waals surface area contributed by atoms with Gasteiger partial charge in [0.05, 0.1) is 14.2 Å². The predicted molar refractivity (Wildman–Crippen MR) is 113 cm³/mol. The fourth-order valence-corrected chi connectivity index (χ4v) is 4.62. The zero-order chi connectivity index (χ0) is 21.5. The van der Waals surface area contributed by atoms with Crippen LogP contribution in [0.1, 0.15) is 35.9 Å². The van der Waals surface area contributed by atoms with E-state index in [1.165, 1.54) is 6.33 Å². The van der Waals surface area contributed by atoms with Gasteiger partial charge < -0.3 is 19.9 Å². The third-order valence-electron chi connectivity index (χ3n) is 5.97. The monoisotopic (exact) mass is 418 g/mol. The molecule has 0 saturated carbocycles. The van der Waals surface area contributed by atoms with Gasteiger partial charge in [-0.15, -0.1) is 0 Å². The van der Waals surface area contributed by atoms with Crippen molar-refractivity contribution in [1.29, 1.82) is 0 Å². The first-order valence-corrected chi connectivity index (χ1v) is 10.0. The van der Waals surface area contributed by atoms with Gasteiger partial charge in [-0.2, -0.15) is 10.1 Å². The topological polar surface area (TPSA) is 98.5 Å². The van der Waals surface area contributed by atoms with Crippen molar-refractivity contribution in [2.45, 2.75) is 24.8 Å². The van der Waals surface area contributed by atoms with Crippen LogP contribution >= 0.6 is 0 Å². The third kappa shape index (κ3) is 3.02. The van der Waals surface area contributed by atoms with Gasteiger partial charge >= 0.3 is 0 Å². The number of benzene rings is 2. The van der Waals surface area contributed by atoms with Crippen LogP contribution in [0, 0.1) is 0 Å². The second-order valence-corrected chi connectivity index (χ2v) is 7.62. The zero-order valence-electron chi connectivity index (χ0n) is 17.2. The maximum Gasteiger partial charge on any atom is 0.226 e. The van der Waals surface area contributed by atoms with Crippen LogP contribution in [0.3, 0.4) is 0 Å². The Kier molecular flexibility index (Phi) is 4.62. The molecule has 2 aliphatic rings. The molecule has 5 rings (SSSR count). The SMILES string of the molecule is COc1cccc(C2C3=C(CC(c4ccccc4O)CC3=O)Nc3ncnn32)c1OC. The molecule has 8 nitrogen and oxygen atoms in total. The Labute approximate surface area is 179 Å². The van der Waals surface area contributed by atoms with Crippen molar-refractivity contribution in [3.63, 3.8) is 0 Å². The fourth-order valence-electron chi connectivity index (χ4n) is 4.62. The van der Waals surface area contributed by atoms with Gasteiger partial charge in [0.15, 0.2) is 17.3 Å². The molecule has 3 aromatic rings. The number of Topliss-reactive ketones (excluding diaryl/α,β-unsaturated/α-hetero) is 1. The van der Waals surface area contributed by atoms with Crippen molar-refractivity contribution in [3.8, 4) is 17.2 Å². The number of phenols is 1. The lowest BCUT2D eigenvalue weighted by Gasteiger charge is -2.35. The van der Waals surface area contributed by atoms with Crippen molar-refractivity contribution < 1.29 is 19.4 Å². The summed E-state index contributed by atoms with van der Waals surface area (Å²) in [5.74, 6) is 1.77. The minimum Gasteiger partial charge on any atom is -0.508 e. The number of aromatic nitrogens is 3. The number of ether oxygens (including phenoxy) is 2. The normalized spacial score (nSPS) is 20.0. The number of nitrogens with one attached hydrogen (secondary N) is 1. The summed E-state index contributed by atoms with van der Waals surface area (Å²) in [6.07, 6.45) is 2.34. The maximum atomic E-state index is 13.5. The minimum absolute atomic E-state index is 0.00183. The fraction of sp³-hybridized carbons (Fsp3) is 0.261. The molecule has 2 aromatic carbocycles. The number of hydrogen-bond acceptors (Lipinski definition) is 7. The Morgan fingerprint density at radius 1 is 1.06 bits per heavy atom. The first kappa shape index (κ1) is 19.2. The lowest BCUT2D eigenvalue weighted by molar-refractivity contribution is -0.116. The Bertz CT molecular complexity index is 1200. The highest BCUT2D eigenvalue weighted by Gasteiger charge is 2.41. The summed E-state index contributed by atoms with van der Waals surface area (Å²) in [6, 6.07) is 12.3. The van der Waals surface area contributed by atoms with E-state index in [1.54, 1.807) is 31.0 Å². The number of anilines is 1. The molecule has 0 radical (unpaired) electrons. The smallest absolute Gasteiger partial charge is 0.226 e. The summed E-state index contributed by atoms with van der Waals surface area (Å²) < 4.78 is 12.8. The number of rotatable bonds is 4. The quantitative estimate of drug-likeness (QED) is 0.670. The number of nitrogens with zero attached hydrogens (tertiary/aromatic N) is 3. The zero-order valence-corrected chi connectivity index (χ0v) is 17.2. The van der Waals surface area contributed by atoms with Crippen molar-refractivity contribution in [2.24, 2.45) is 0 Å². The largest absolute Gasteiger partial charge is 0.508 e. The molecule has 0 spiro atoms. The molecule has 31 heavy (non-hydrogen) atoms. The lowest BCUT2D eigenvalue weighted by atomic mass is 9.77. The number of aromatic hydroxyl groups is 1. The number of hydrogen-bond donors (Lipinski definition) is 2. The highest BCUT2D eigenvalue weighted by atomic mass is 16.5. The van der Waals surface area contributed by atoms with Crippen LogP contribution in [-0.4, -0.2) is 39.9 Å². The minimum atomic E-state index is -0.489. The van der Waals surface area contributed by atoms with Crippen LogP contribution in [0.4, 0.5) is 5.95 Å². The lowest BCUT2D eigenvalue weighted by Crippen LogP contribution is -2.33. The second-order valence-electron chi connectivity index (χ2n) is 7.62. The second kappa shape index (κ2) is 7.46. The highest BCUT2D eigenvalue weighted by Crippen LogP contribution is 2.48. The van der Waals surface area contributed by atoms with Crippen molar-refractivity contribution in [2.75, 3.05) is 19.5 Å². The molecular formula is C23H22N4O4. The molecule has 158 valence electrons. The van der Waals surface area contributed by atoms with Crippen LogP contribution in [-0.2, 0) is 4.79 Å². The number of ketones is 1. The van der Waals surface area contributed by atoms with Gasteiger partial charge in [-0.3, -0.25) is 4.79 Å². The van der Waals surface area contributed by atoms with Crippen LogP contribution in [0.25, 0.3) is 0 Å². The van der Waals surface area contributed by atoms with Crippen LogP contribution in [0.15, 0.2) is 60.1 Å². The van der Waals surface area contributed by atoms with Gasteiger partial charge in [0.1, 0.15) is 18.1 Å². The molecule has 2 unspecified atom stereocenters. The molecule has 2 atom stereocenters. The van der Waals surface area contributed by atoms with Gasteiger partial charge in [0.25, 0.3) is 0 Å². The van der Waals surface area contributed by atoms with E-state index < -0.39 is 6.04 Å². The van der Waals surface area contributed by atoms with Crippen molar-refractivity contribution >= 4 is 11.7 Å². The van der Waals surface area contributed by atoms with Crippen LogP contribution in [0.2, 0.25) is 0 Å². The number of carbonyl (C=O) groups is 1. The molecule has 0 fully saturated rings. The first-order chi connectivity index (χ1) is 15.1. The van der Waals surface area contributed by atoms with Gasteiger partial charge in [0.2, 0.25) is 5.95 Å². The average Bonchev–Trinajstić information content (AvgIpc) is 3.25. The standard InChI is InChI=1S/C23H22N4O4/c1-30-19-9-5-7-15(22(19)31-2)21-20-16(26-23-24-12-25-27(21)23)10-13(11-18(20)29)14-6-3-4-8-17(14)28/h3-9,12-13,21,28H,10-11H2,1-2H3,(H,24,25,26). The molecule has 0 saturated heterocycles. The molecule has 8 heteroatoms. The van der Waals surface area contributed by atoms with Gasteiger partial charge in [0, 0.05) is 29.2 Å². The molecule has 0 bridgehead atoms. The van der Waals surface area contributed by atoms with Gasteiger partial charge in [-0.05, 0) is 24.1 Å². The van der Waals surface area contributed by atoms with Crippen LogP contribution in [0.5, 0.6) is 17.2 Å². The Morgan fingerprint density at radius 3 is 2.65 bits per heavy atom. The molecule has 2 N–H and O–H groups in total. The summed E-state index contributed by atoms with van der Waals surface area (Å²) in [6.45, 7) is 0.